The molecule has 0 saturated heterocycles. The van der Waals surface area contributed by atoms with Crippen molar-refractivity contribution in [3.05, 3.63) is 59.3 Å². The number of halogens is 1. The number of rotatable bonds is 5. The fourth-order valence-corrected chi connectivity index (χ4v) is 3.23. The number of hydrogen-bond donors (Lipinski definition) is 2. The highest BCUT2D eigenvalue weighted by molar-refractivity contribution is 7.90. The van der Waals surface area contributed by atoms with Crippen LogP contribution in [0.2, 0.25) is 0 Å². The van der Waals surface area contributed by atoms with E-state index in [4.69, 9.17) is 5.73 Å². The average Bonchev–Trinajstić information content (AvgIpc) is 2.66. The normalized spacial score (nSPS) is 18.3. The third-order valence-electron chi connectivity index (χ3n) is 3.83. The van der Waals surface area contributed by atoms with Crippen molar-refractivity contribution in [3.8, 4) is 11.1 Å². The molecule has 2 heterocycles. The van der Waals surface area contributed by atoms with Crippen molar-refractivity contribution in [3.63, 3.8) is 0 Å². The van der Waals surface area contributed by atoms with E-state index < -0.39 is 29.6 Å². The van der Waals surface area contributed by atoms with Crippen LogP contribution in [0.3, 0.4) is 0 Å². The van der Waals surface area contributed by atoms with Gasteiger partial charge in [-0.15, -0.1) is 0 Å². The summed E-state index contributed by atoms with van der Waals surface area (Å²) in [5, 5.41) is 11.6. The quantitative estimate of drug-likeness (QED) is 0.856. The Kier molecular flexibility index (Phi) is 6.99. The van der Waals surface area contributed by atoms with Crippen molar-refractivity contribution in [2.24, 2.45) is 5.73 Å². The first kappa shape index (κ1) is 19.4. The molecule has 6 heteroatoms. The second-order valence-corrected chi connectivity index (χ2v) is 6.77. The molecule has 0 fully saturated rings. The zero-order valence-corrected chi connectivity index (χ0v) is 15.2. The minimum atomic E-state index is -1.01. The fourth-order valence-electron chi connectivity index (χ4n) is 2.38. The van der Waals surface area contributed by atoms with Crippen molar-refractivity contribution >= 4 is 16.4 Å². The van der Waals surface area contributed by atoms with Crippen LogP contribution in [0.5, 0.6) is 0 Å². The zero-order valence-electron chi connectivity index (χ0n) is 14.4. The predicted molar refractivity (Wildman–Crippen MR) is 101 cm³/mol. The molecule has 25 heavy (non-hydrogen) atoms. The lowest BCUT2D eigenvalue weighted by molar-refractivity contribution is 0.132. The van der Waals surface area contributed by atoms with Crippen LogP contribution in [0.25, 0.3) is 16.7 Å². The molecular formula is C19H23FN2O2S. The summed E-state index contributed by atoms with van der Waals surface area (Å²) < 4.78 is 23.6. The maximum atomic E-state index is 12.5. The number of nitrogens with two attached hydrogens (primary N) is 1. The summed E-state index contributed by atoms with van der Waals surface area (Å²) in [7, 11) is -0.839. The van der Waals surface area contributed by atoms with Gasteiger partial charge in [0.1, 0.15) is 6.67 Å². The molecule has 134 valence electrons. The summed E-state index contributed by atoms with van der Waals surface area (Å²) in [5.41, 5.74) is 9.83. The van der Waals surface area contributed by atoms with Gasteiger partial charge in [-0.05, 0) is 22.8 Å². The number of benzene rings is 1. The molecule has 1 aliphatic rings. The van der Waals surface area contributed by atoms with Crippen molar-refractivity contribution in [2.75, 3.05) is 12.4 Å². The van der Waals surface area contributed by atoms with Crippen molar-refractivity contribution in [1.82, 2.24) is 4.98 Å². The minimum Gasteiger partial charge on any atom is -0.387 e. The standard InChI is InChI=1S/C17H17FN2O2S.C2H6/c18-7-15(19)17(21)12-3-1-11(2-4-12)13-5-6-16(20-8-13)14-9-23(22)10-14;1-2/h1-6,8-9,15,17,21H,7,10,19H2;1-2H3. The first-order valence-electron chi connectivity index (χ1n) is 8.22. The monoisotopic (exact) mass is 362 g/mol. The number of aliphatic hydroxyl groups is 1. The largest absolute Gasteiger partial charge is 0.387 e. The Balaban J connectivity index is 0.00000109. The minimum absolute atomic E-state index is 0.563. The van der Waals surface area contributed by atoms with Gasteiger partial charge in [0.15, 0.2) is 0 Å². The molecule has 4 nitrogen and oxygen atoms in total. The lowest BCUT2D eigenvalue weighted by Gasteiger charge is -2.16. The van der Waals surface area contributed by atoms with Gasteiger partial charge in [0.05, 0.1) is 34.4 Å². The summed E-state index contributed by atoms with van der Waals surface area (Å²) in [6.45, 7) is 3.23. The molecule has 0 saturated carbocycles. The SMILES string of the molecule is CC.NC(CF)C(O)c1ccc(-c2ccc(C3=CS(=O)C3)nc2)cc1. The zero-order chi connectivity index (χ0) is 18.4. The van der Waals surface area contributed by atoms with E-state index >= 15 is 0 Å². The van der Waals surface area contributed by atoms with Gasteiger partial charge in [-0.2, -0.15) is 0 Å². The number of pyridine rings is 1. The molecule has 0 bridgehead atoms. The van der Waals surface area contributed by atoms with E-state index in [1.165, 1.54) is 0 Å². The summed E-state index contributed by atoms with van der Waals surface area (Å²) in [4.78, 5) is 4.39. The van der Waals surface area contributed by atoms with Crippen LogP contribution in [0.4, 0.5) is 4.39 Å². The molecule has 2 aromatic rings. The number of hydrogen-bond acceptors (Lipinski definition) is 4. The molecule has 1 aromatic heterocycles. The second-order valence-electron chi connectivity index (χ2n) is 5.49. The smallest absolute Gasteiger partial charge is 0.107 e. The Morgan fingerprint density at radius 1 is 1.20 bits per heavy atom. The molecule has 0 amide bonds. The van der Waals surface area contributed by atoms with E-state index in [1.54, 1.807) is 23.7 Å². The van der Waals surface area contributed by atoms with E-state index in [-0.39, 0.29) is 0 Å². The molecule has 3 rings (SSSR count). The molecule has 1 aromatic carbocycles. The van der Waals surface area contributed by atoms with E-state index in [0.717, 1.165) is 22.4 Å². The van der Waals surface area contributed by atoms with E-state index in [2.05, 4.69) is 4.98 Å². The first-order chi connectivity index (χ1) is 12.1. The number of aromatic nitrogens is 1. The summed E-state index contributed by atoms with van der Waals surface area (Å²) in [5.74, 6) is 0.563. The maximum absolute atomic E-state index is 12.5. The number of nitrogens with zero attached hydrogens (tertiary/aromatic N) is 1. The first-order valence-corrected chi connectivity index (χ1v) is 9.61. The van der Waals surface area contributed by atoms with Gasteiger partial charge >= 0.3 is 0 Å². The van der Waals surface area contributed by atoms with E-state index in [0.29, 0.717) is 11.3 Å². The van der Waals surface area contributed by atoms with Crippen LogP contribution in [0.15, 0.2) is 48.0 Å². The van der Waals surface area contributed by atoms with Gasteiger partial charge in [-0.3, -0.25) is 9.19 Å². The van der Waals surface area contributed by atoms with Gasteiger partial charge in [-0.1, -0.05) is 44.2 Å². The highest BCUT2D eigenvalue weighted by atomic mass is 32.2. The van der Waals surface area contributed by atoms with Gasteiger partial charge < -0.3 is 10.8 Å². The average molecular weight is 362 g/mol. The predicted octanol–water partition coefficient (Wildman–Crippen LogP) is 3.21. The Hall–Kier alpha value is -1.89. The van der Waals surface area contributed by atoms with Crippen molar-refractivity contribution < 1.29 is 13.7 Å². The Labute approximate surface area is 150 Å². The fraction of sp³-hybridized carbons (Fsp3) is 0.316. The van der Waals surface area contributed by atoms with Gasteiger partial charge in [0.25, 0.3) is 0 Å². The highest BCUT2D eigenvalue weighted by Gasteiger charge is 2.17. The molecular weight excluding hydrogens is 339 g/mol. The summed E-state index contributed by atoms with van der Waals surface area (Å²) in [6, 6.07) is 10.1. The van der Waals surface area contributed by atoms with Gasteiger partial charge in [0.2, 0.25) is 0 Å². The van der Waals surface area contributed by atoms with Gasteiger partial charge in [-0.25, -0.2) is 4.39 Å². The molecule has 3 N–H and O–H groups in total. The lowest BCUT2D eigenvalue weighted by Crippen LogP contribution is -2.30. The van der Waals surface area contributed by atoms with E-state index in [9.17, 15) is 13.7 Å². The van der Waals surface area contributed by atoms with Gasteiger partial charge in [0, 0.05) is 17.2 Å². The third kappa shape index (κ3) is 4.60. The lowest BCUT2D eigenvalue weighted by atomic mass is 9.99. The molecule has 1 aliphatic heterocycles. The summed E-state index contributed by atoms with van der Waals surface area (Å²) >= 11 is 0. The Morgan fingerprint density at radius 2 is 1.80 bits per heavy atom. The topological polar surface area (TPSA) is 76.2 Å². The van der Waals surface area contributed by atoms with Crippen LogP contribution >= 0.6 is 0 Å². The van der Waals surface area contributed by atoms with Crippen LogP contribution in [0.1, 0.15) is 31.2 Å². The Morgan fingerprint density at radius 3 is 2.28 bits per heavy atom. The van der Waals surface area contributed by atoms with Crippen LogP contribution in [-0.2, 0) is 10.8 Å². The maximum Gasteiger partial charge on any atom is 0.107 e. The highest BCUT2D eigenvalue weighted by Crippen LogP contribution is 2.26. The molecule has 3 unspecified atom stereocenters. The number of aliphatic hydroxyl groups excluding tert-OH is 1. The Bertz CT molecular complexity index is 745. The van der Waals surface area contributed by atoms with Crippen molar-refractivity contribution in [1.29, 1.82) is 0 Å². The van der Waals surface area contributed by atoms with Crippen LogP contribution < -0.4 is 5.73 Å². The molecule has 0 aliphatic carbocycles. The summed E-state index contributed by atoms with van der Waals surface area (Å²) in [6.07, 6.45) is 0.747. The second kappa shape index (κ2) is 8.99. The molecule has 3 atom stereocenters. The van der Waals surface area contributed by atoms with Crippen LogP contribution in [-0.4, -0.2) is 32.8 Å². The van der Waals surface area contributed by atoms with Crippen LogP contribution in [0, 0.1) is 0 Å². The third-order valence-corrected chi connectivity index (χ3v) is 4.98. The van der Waals surface area contributed by atoms with E-state index in [1.807, 2.05) is 38.1 Å². The molecule has 0 spiro atoms. The number of alkyl halides is 1. The molecule has 0 radical (unpaired) electrons. The van der Waals surface area contributed by atoms with Crippen molar-refractivity contribution in [2.45, 2.75) is 26.0 Å².